The summed E-state index contributed by atoms with van der Waals surface area (Å²) in [5.41, 5.74) is -0.234. The van der Waals surface area contributed by atoms with E-state index in [-0.39, 0.29) is 27.2 Å². The maximum atomic E-state index is 13.0. The highest BCUT2D eigenvalue weighted by Gasteiger charge is 2.30. The summed E-state index contributed by atoms with van der Waals surface area (Å²) in [6.07, 6.45) is -4.50. The van der Waals surface area contributed by atoms with E-state index in [1.165, 1.54) is 18.2 Å². The Hall–Kier alpha value is -3.70. The number of anilines is 2. The minimum Gasteiger partial charge on any atom is -0.347 e. The number of nitrogens with zero attached hydrogens (tertiary/aromatic N) is 1. The number of rotatable bonds is 6. The van der Waals surface area contributed by atoms with Gasteiger partial charge in [-0.05, 0) is 48.1 Å². The summed E-state index contributed by atoms with van der Waals surface area (Å²) in [4.78, 5) is 23.4. The summed E-state index contributed by atoms with van der Waals surface area (Å²) in [5, 5.41) is 19.2. The number of nitro benzene ring substituents is 1. The van der Waals surface area contributed by atoms with Crippen LogP contribution in [0, 0.1) is 10.1 Å². The van der Waals surface area contributed by atoms with Gasteiger partial charge in [-0.15, -0.1) is 0 Å². The Morgan fingerprint density at radius 3 is 2.24 bits per heavy atom. The second kappa shape index (κ2) is 10.5. The molecule has 0 radical (unpaired) electrons. The number of carbonyl (C=O) groups is 1. The van der Waals surface area contributed by atoms with Crippen LogP contribution >= 0.6 is 23.8 Å². The molecule has 34 heavy (non-hydrogen) atoms. The largest absolute Gasteiger partial charge is 0.416 e. The topological polar surface area (TPSA) is 96.3 Å². The second-order valence-corrected chi connectivity index (χ2v) is 7.74. The average molecular weight is 509 g/mol. The van der Waals surface area contributed by atoms with Crippen molar-refractivity contribution >= 4 is 51.9 Å². The minimum absolute atomic E-state index is 0.0566. The van der Waals surface area contributed by atoms with E-state index in [1.54, 1.807) is 30.3 Å². The molecule has 1 atom stereocenters. The maximum Gasteiger partial charge on any atom is 0.416 e. The molecule has 0 aromatic heterocycles. The number of halogens is 4. The number of thiocarbonyl (C=S) groups is 1. The standard InChI is InChI=1S/C22H16ClF3N4O3S/c23-17-11-10-16(30(32)33)12-18(17)28-21(34)29-19(13-4-2-1-3-5-13)20(31)27-15-8-6-14(7-9-15)22(24,25)26/h1-12,19H,(H,27,31)(H2,28,29,34). The third-order valence-electron chi connectivity index (χ3n) is 4.56. The minimum atomic E-state index is -4.50. The molecule has 0 fully saturated rings. The number of nitro groups is 1. The van der Waals surface area contributed by atoms with Crippen LogP contribution in [0.5, 0.6) is 0 Å². The van der Waals surface area contributed by atoms with Crippen molar-refractivity contribution in [1.82, 2.24) is 5.32 Å². The van der Waals surface area contributed by atoms with Crippen molar-refractivity contribution in [1.29, 1.82) is 0 Å². The Morgan fingerprint density at radius 2 is 1.65 bits per heavy atom. The lowest BCUT2D eigenvalue weighted by atomic mass is 10.1. The highest BCUT2D eigenvalue weighted by molar-refractivity contribution is 7.80. The summed E-state index contributed by atoms with van der Waals surface area (Å²) in [6, 6.07) is 15.2. The first-order chi connectivity index (χ1) is 16.0. The van der Waals surface area contributed by atoms with E-state index in [4.69, 9.17) is 23.8 Å². The van der Waals surface area contributed by atoms with Gasteiger partial charge >= 0.3 is 6.18 Å². The summed E-state index contributed by atoms with van der Waals surface area (Å²) >= 11 is 11.3. The van der Waals surface area contributed by atoms with Crippen molar-refractivity contribution in [2.45, 2.75) is 12.2 Å². The van der Waals surface area contributed by atoms with Crippen LogP contribution in [0.25, 0.3) is 0 Å². The molecule has 3 N–H and O–H groups in total. The molecule has 3 rings (SSSR count). The fourth-order valence-corrected chi connectivity index (χ4v) is 3.31. The number of amides is 1. The van der Waals surface area contributed by atoms with Crippen LogP contribution in [-0.2, 0) is 11.0 Å². The Bertz CT molecular complexity index is 1210. The first-order valence-corrected chi connectivity index (χ1v) is 10.4. The van der Waals surface area contributed by atoms with Crippen molar-refractivity contribution < 1.29 is 22.9 Å². The predicted octanol–water partition coefficient (Wildman–Crippen LogP) is 5.93. The van der Waals surface area contributed by atoms with E-state index >= 15 is 0 Å². The Balaban J connectivity index is 1.79. The molecule has 3 aromatic carbocycles. The molecule has 3 aromatic rings. The number of alkyl halides is 3. The fraction of sp³-hybridized carbons (Fsp3) is 0.0909. The van der Waals surface area contributed by atoms with Crippen LogP contribution in [0.15, 0.2) is 72.8 Å². The maximum absolute atomic E-state index is 13.0. The number of hydrogen-bond acceptors (Lipinski definition) is 4. The summed E-state index contributed by atoms with van der Waals surface area (Å²) in [7, 11) is 0. The molecule has 0 aliphatic rings. The number of benzene rings is 3. The van der Waals surface area contributed by atoms with Gasteiger partial charge in [-0.1, -0.05) is 41.9 Å². The first kappa shape index (κ1) is 24.9. The quantitative estimate of drug-likeness (QED) is 0.217. The van der Waals surface area contributed by atoms with E-state index in [0.717, 1.165) is 24.3 Å². The van der Waals surface area contributed by atoms with Crippen LogP contribution in [0.1, 0.15) is 17.2 Å². The third kappa shape index (κ3) is 6.42. The summed E-state index contributed by atoms with van der Waals surface area (Å²) in [6.45, 7) is 0. The molecule has 0 aliphatic carbocycles. The van der Waals surface area contributed by atoms with Gasteiger partial charge in [0.25, 0.3) is 11.6 Å². The van der Waals surface area contributed by atoms with E-state index in [1.807, 2.05) is 0 Å². The van der Waals surface area contributed by atoms with Crippen LogP contribution < -0.4 is 16.0 Å². The molecule has 0 heterocycles. The van der Waals surface area contributed by atoms with Crippen molar-refractivity contribution in [2.75, 3.05) is 10.6 Å². The van der Waals surface area contributed by atoms with Gasteiger partial charge in [-0.3, -0.25) is 14.9 Å². The van der Waals surface area contributed by atoms with Gasteiger partial charge in [0.15, 0.2) is 5.11 Å². The van der Waals surface area contributed by atoms with Gasteiger partial charge in [-0.2, -0.15) is 13.2 Å². The molecule has 7 nitrogen and oxygen atoms in total. The van der Waals surface area contributed by atoms with Crippen LogP contribution in [0.4, 0.5) is 30.2 Å². The lowest BCUT2D eigenvalue weighted by molar-refractivity contribution is -0.384. The second-order valence-electron chi connectivity index (χ2n) is 6.93. The van der Waals surface area contributed by atoms with Gasteiger partial charge in [0, 0.05) is 17.8 Å². The SMILES string of the molecule is O=C(Nc1ccc(C(F)(F)F)cc1)C(NC(=S)Nc1cc([N+](=O)[O-])ccc1Cl)c1ccccc1. The predicted molar refractivity (Wildman–Crippen MR) is 127 cm³/mol. The number of non-ortho nitro benzene ring substituents is 1. The average Bonchev–Trinajstić information content (AvgIpc) is 2.79. The normalized spacial score (nSPS) is 11.9. The third-order valence-corrected chi connectivity index (χ3v) is 5.11. The highest BCUT2D eigenvalue weighted by atomic mass is 35.5. The van der Waals surface area contributed by atoms with E-state index < -0.39 is 28.6 Å². The molecule has 0 aliphatic heterocycles. The zero-order valence-electron chi connectivity index (χ0n) is 17.1. The lowest BCUT2D eigenvalue weighted by Gasteiger charge is -2.21. The van der Waals surface area contributed by atoms with Crippen molar-refractivity contribution in [3.63, 3.8) is 0 Å². The van der Waals surface area contributed by atoms with E-state index in [2.05, 4.69) is 16.0 Å². The summed E-state index contributed by atoms with van der Waals surface area (Å²) < 4.78 is 38.4. The zero-order chi connectivity index (χ0) is 24.9. The first-order valence-electron chi connectivity index (χ1n) is 9.59. The monoisotopic (exact) mass is 508 g/mol. The molecule has 0 saturated heterocycles. The number of hydrogen-bond donors (Lipinski definition) is 3. The summed E-state index contributed by atoms with van der Waals surface area (Å²) in [5.74, 6) is -0.597. The molecular formula is C22H16ClF3N4O3S. The smallest absolute Gasteiger partial charge is 0.347 e. The van der Waals surface area contributed by atoms with Crippen LogP contribution in [0.3, 0.4) is 0 Å². The molecule has 0 spiro atoms. The van der Waals surface area contributed by atoms with Gasteiger partial charge in [0.05, 0.1) is 21.2 Å². The molecule has 1 unspecified atom stereocenters. The number of nitrogens with one attached hydrogen (secondary N) is 3. The molecule has 0 saturated carbocycles. The van der Waals surface area contributed by atoms with Gasteiger partial charge in [0.2, 0.25) is 0 Å². The Kier molecular flexibility index (Phi) is 7.69. The van der Waals surface area contributed by atoms with Crippen molar-refractivity contribution in [2.24, 2.45) is 0 Å². The lowest BCUT2D eigenvalue weighted by Crippen LogP contribution is -2.39. The van der Waals surface area contributed by atoms with Gasteiger partial charge < -0.3 is 16.0 Å². The van der Waals surface area contributed by atoms with E-state index in [0.29, 0.717) is 5.56 Å². The van der Waals surface area contributed by atoms with Gasteiger partial charge in [-0.25, -0.2) is 0 Å². The fourth-order valence-electron chi connectivity index (χ4n) is 2.91. The number of carbonyl (C=O) groups excluding carboxylic acids is 1. The van der Waals surface area contributed by atoms with Crippen LogP contribution in [-0.4, -0.2) is 15.9 Å². The Morgan fingerprint density at radius 1 is 1.00 bits per heavy atom. The molecule has 0 bridgehead atoms. The zero-order valence-corrected chi connectivity index (χ0v) is 18.7. The van der Waals surface area contributed by atoms with Crippen LogP contribution in [0.2, 0.25) is 5.02 Å². The molecule has 176 valence electrons. The van der Waals surface area contributed by atoms with Crippen molar-refractivity contribution in [3.05, 3.63) is 99.1 Å². The Labute approximate surface area is 202 Å². The van der Waals surface area contributed by atoms with Crippen molar-refractivity contribution in [3.8, 4) is 0 Å². The molecule has 12 heteroatoms. The molecular weight excluding hydrogens is 493 g/mol. The highest BCUT2D eigenvalue weighted by Crippen LogP contribution is 2.30. The van der Waals surface area contributed by atoms with E-state index in [9.17, 15) is 28.1 Å². The van der Waals surface area contributed by atoms with Gasteiger partial charge in [0.1, 0.15) is 6.04 Å². The molecule has 1 amide bonds.